The molecule has 2 aliphatic heterocycles. The first kappa shape index (κ1) is 16.2. The molecule has 3 heterocycles. The second-order valence-electron chi connectivity index (χ2n) is 6.07. The summed E-state index contributed by atoms with van der Waals surface area (Å²) >= 11 is 0. The van der Waals surface area contributed by atoms with Gasteiger partial charge in [-0.1, -0.05) is 0 Å². The van der Waals surface area contributed by atoms with Crippen LogP contribution in [0.15, 0.2) is 18.3 Å². The SMILES string of the molecule is NC(=O)c1cc(OC2CCCN(C(=O)C3CCC(=O)N3)C2)ccn1. The van der Waals surface area contributed by atoms with Crippen LogP contribution in [0.5, 0.6) is 5.75 Å². The van der Waals surface area contributed by atoms with Gasteiger partial charge in [0.2, 0.25) is 11.8 Å². The third-order valence-electron chi connectivity index (χ3n) is 4.27. The second kappa shape index (κ2) is 6.86. The number of primary amides is 1. The van der Waals surface area contributed by atoms with Crippen molar-refractivity contribution in [3.05, 3.63) is 24.0 Å². The molecule has 3 rings (SSSR count). The Morgan fingerprint density at radius 3 is 2.92 bits per heavy atom. The summed E-state index contributed by atoms with van der Waals surface area (Å²) in [6.45, 7) is 1.12. The molecule has 0 radical (unpaired) electrons. The third kappa shape index (κ3) is 3.64. The molecule has 2 saturated heterocycles. The van der Waals surface area contributed by atoms with E-state index < -0.39 is 11.9 Å². The van der Waals surface area contributed by atoms with Crippen molar-refractivity contribution in [2.24, 2.45) is 5.73 Å². The Morgan fingerprint density at radius 2 is 2.21 bits per heavy atom. The molecule has 2 unspecified atom stereocenters. The number of piperidine rings is 1. The molecule has 2 fully saturated rings. The van der Waals surface area contributed by atoms with Gasteiger partial charge in [-0.05, 0) is 25.3 Å². The molecule has 24 heavy (non-hydrogen) atoms. The monoisotopic (exact) mass is 332 g/mol. The highest BCUT2D eigenvalue weighted by Gasteiger charge is 2.33. The molecule has 2 atom stereocenters. The van der Waals surface area contributed by atoms with E-state index in [2.05, 4.69) is 10.3 Å². The first-order valence-corrected chi connectivity index (χ1v) is 8.03. The number of hydrogen-bond donors (Lipinski definition) is 2. The fourth-order valence-electron chi connectivity index (χ4n) is 3.07. The minimum Gasteiger partial charge on any atom is -0.488 e. The van der Waals surface area contributed by atoms with Gasteiger partial charge in [0, 0.05) is 25.2 Å². The molecule has 1 aromatic rings. The lowest BCUT2D eigenvalue weighted by Gasteiger charge is -2.34. The van der Waals surface area contributed by atoms with Crippen molar-refractivity contribution < 1.29 is 19.1 Å². The summed E-state index contributed by atoms with van der Waals surface area (Å²) in [6, 6.07) is 2.74. The molecule has 0 bridgehead atoms. The number of hydrogen-bond acceptors (Lipinski definition) is 5. The van der Waals surface area contributed by atoms with Crippen LogP contribution < -0.4 is 15.8 Å². The first-order valence-electron chi connectivity index (χ1n) is 8.03. The number of carbonyl (C=O) groups is 3. The van der Waals surface area contributed by atoms with E-state index in [1.165, 1.54) is 12.3 Å². The fourth-order valence-corrected chi connectivity index (χ4v) is 3.07. The van der Waals surface area contributed by atoms with Crippen LogP contribution in [0.1, 0.15) is 36.2 Å². The molecule has 8 heteroatoms. The van der Waals surface area contributed by atoms with Crippen molar-refractivity contribution in [3.63, 3.8) is 0 Å². The molecule has 128 valence electrons. The van der Waals surface area contributed by atoms with Crippen LogP contribution in [-0.4, -0.2) is 52.8 Å². The maximum atomic E-state index is 12.5. The van der Waals surface area contributed by atoms with E-state index in [1.807, 2.05) is 0 Å². The van der Waals surface area contributed by atoms with E-state index in [0.29, 0.717) is 31.7 Å². The maximum Gasteiger partial charge on any atom is 0.267 e. The Balaban J connectivity index is 1.61. The number of aromatic nitrogens is 1. The van der Waals surface area contributed by atoms with E-state index in [9.17, 15) is 14.4 Å². The van der Waals surface area contributed by atoms with E-state index in [0.717, 1.165) is 12.8 Å². The maximum absolute atomic E-state index is 12.5. The molecule has 2 aliphatic rings. The van der Waals surface area contributed by atoms with Gasteiger partial charge >= 0.3 is 0 Å². The van der Waals surface area contributed by atoms with E-state index in [1.54, 1.807) is 11.0 Å². The highest BCUT2D eigenvalue weighted by atomic mass is 16.5. The molecular weight excluding hydrogens is 312 g/mol. The first-order chi connectivity index (χ1) is 11.5. The summed E-state index contributed by atoms with van der Waals surface area (Å²) in [5.74, 6) is -0.235. The van der Waals surface area contributed by atoms with Crippen molar-refractivity contribution in [3.8, 4) is 5.75 Å². The van der Waals surface area contributed by atoms with Crippen LogP contribution in [-0.2, 0) is 9.59 Å². The zero-order valence-corrected chi connectivity index (χ0v) is 13.2. The van der Waals surface area contributed by atoms with Crippen LogP contribution in [0.3, 0.4) is 0 Å². The van der Waals surface area contributed by atoms with Crippen LogP contribution in [0.2, 0.25) is 0 Å². The van der Waals surface area contributed by atoms with Gasteiger partial charge in [0.25, 0.3) is 5.91 Å². The normalized spacial score (nSPS) is 23.7. The highest BCUT2D eigenvalue weighted by Crippen LogP contribution is 2.20. The molecule has 0 aromatic carbocycles. The number of likely N-dealkylation sites (tertiary alicyclic amines) is 1. The van der Waals surface area contributed by atoms with Crippen molar-refractivity contribution in [1.82, 2.24) is 15.2 Å². The van der Waals surface area contributed by atoms with Gasteiger partial charge in [0.15, 0.2) is 0 Å². The van der Waals surface area contributed by atoms with Gasteiger partial charge in [-0.2, -0.15) is 0 Å². The van der Waals surface area contributed by atoms with E-state index in [4.69, 9.17) is 10.5 Å². The average molecular weight is 332 g/mol. The summed E-state index contributed by atoms with van der Waals surface area (Å²) < 4.78 is 5.88. The predicted octanol–water partition coefficient (Wildman–Crippen LogP) is -0.171. The zero-order chi connectivity index (χ0) is 17.1. The summed E-state index contributed by atoms with van der Waals surface area (Å²) in [4.78, 5) is 40.5. The summed E-state index contributed by atoms with van der Waals surface area (Å²) in [6.07, 6.45) is 3.89. The Labute approximate surface area is 139 Å². The van der Waals surface area contributed by atoms with Gasteiger partial charge < -0.3 is 20.7 Å². The van der Waals surface area contributed by atoms with Crippen LogP contribution in [0, 0.1) is 0 Å². The smallest absolute Gasteiger partial charge is 0.267 e. The Hall–Kier alpha value is -2.64. The van der Waals surface area contributed by atoms with E-state index in [-0.39, 0.29) is 23.6 Å². The fraction of sp³-hybridized carbons (Fsp3) is 0.500. The average Bonchev–Trinajstić information content (AvgIpc) is 3.01. The van der Waals surface area contributed by atoms with Crippen LogP contribution >= 0.6 is 0 Å². The minimum absolute atomic E-state index is 0.0540. The lowest BCUT2D eigenvalue weighted by atomic mass is 10.1. The highest BCUT2D eigenvalue weighted by molar-refractivity contribution is 5.91. The Bertz CT molecular complexity index is 663. The lowest BCUT2D eigenvalue weighted by molar-refractivity contribution is -0.136. The van der Waals surface area contributed by atoms with Crippen molar-refractivity contribution in [2.45, 2.75) is 37.8 Å². The molecule has 0 aliphatic carbocycles. The molecule has 3 N–H and O–H groups in total. The molecule has 3 amide bonds. The summed E-state index contributed by atoms with van der Waals surface area (Å²) in [5.41, 5.74) is 5.36. The standard InChI is InChI=1S/C16H20N4O4/c17-15(22)13-8-10(5-6-18-13)24-11-2-1-7-20(9-11)16(23)12-3-4-14(21)19-12/h5-6,8,11-12H,1-4,7,9H2,(H2,17,22)(H,19,21). The number of pyridine rings is 1. The molecule has 0 spiro atoms. The number of carbonyl (C=O) groups excluding carboxylic acids is 3. The molecule has 1 aromatic heterocycles. The van der Waals surface area contributed by atoms with Gasteiger partial charge in [-0.15, -0.1) is 0 Å². The van der Waals surface area contributed by atoms with Crippen molar-refractivity contribution >= 4 is 17.7 Å². The van der Waals surface area contributed by atoms with Crippen molar-refractivity contribution in [2.75, 3.05) is 13.1 Å². The lowest BCUT2D eigenvalue weighted by Crippen LogP contribution is -2.50. The number of rotatable bonds is 4. The number of nitrogens with zero attached hydrogens (tertiary/aromatic N) is 2. The molecule has 8 nitrogen and oxygen atoms in total. The quantitative estimate of drug-likeness (QED) is 0.794. The Morgan fingerprint density at radius 1 is 1.38 bits per heavy atom. The number of ether oxygens (including phenoxy) is 1. The largest absolute Gasteiger partial charge is 0.488 e. The number of nitrogens with one attached hydrogen (secondary N) is 1. The summed E-state index contributed by atoms with van der Waals surface area (Å²) in [5, 5.41) is 2.70. The van der Waals surface area contributed by atoms with Crippen LogP contribution in [0.25, 0.3) is 0 Å². The number of nitrogens with two attached hydrogens (primary N) is 1. The topological polar surface area (TPSA) is 115 Å². The third-order valence-corrected chi connectivity index (χ3v) is 4.27. The predicted molar refractivity (Wildman–Crippen MR) is 84.1 cm³/mol. The zero-order valence-electron chi connectivity index (χ0n) is 13.2. The summed E-state index contributed by atoms with van der Waals surface area (Å²) in [7, 11) is 0. The molecular formula is C16H20N4O4. The van der Waals surface area contributed by atoms with E-state index >= 15 is 0 Å². The van der Waals surface area contributed by atoms with Gasteiger partial charge in [-0.3, -0.25) is 19.4 Å². The van der Waals surface area contributed by atoms with Gasteiger partial charge in [0.05, 0.1) is 6.54 Å². The van der Waals surface area contributed by atoms with Crippen LogP contribution in [0.4, 0.5) is 0 Å². The van der Waals surface area contributed by atoms with Crippen molar-refractivity contribution in [1.29, 1.82) is 0 Å². The Kier molecular flexibility index (Phi) is 4.64. The van der Waals surface area contributed by atoms with Gasteiger partial charge in [0.1, 0.15) is 23.6 Å². The number of amides is 3. The van der Waals surface area contributed by atoms with Gasteiger partial charge in [-0.25, -0.2) is 0 Å². The molecule has 0 saturated carbocycles. The second-order valence-corrected chi connectivity index (χ2v) is 6.07. The minimum atomic E-state index is -0.613.